The number of methoxy groups -OCH3 is 1. The highest BCUT2D eigenvalue weighted by Gasteiger charge is 2.30. The molecule has 0 spiro atoms. The Bertz CT molecular complexity index is 474. The summed E-state index contributed by atoms with van der Waals surface area (Å²) in [7, 11) is 1.39. The van der Waals surface area contributed by atoms with Gasteiger partial charge < -0.3 is 10.1 Å². The molecule has 7 nitrogen and oxygen atoms in total. The molecule has 1 heterocycles. The van der Waals surface area contributed by atoms with Crippen molar-refractivity contribution in [3.05, 3.63) is 28.4 Å². The molecule has 0 bridgehead atoms. The number of nitro groups is 1. The zero-order valence-corrected chi connectivity index (χ0v) is 10.5. The van der Waals surface area contributed by atoms with Crippen LogP contribution in [0.5, 0.6) is 0 Å². The Labute approximate surface area is 110 Å². The summed E-state index contributed by atoms with van der Waals surface area (Å²) in [6, 6.07) is 3.13. The Balaban J connectivity index is 1.92. The van der Waals surface area contributed by atoms with Crippen molar-refractivity contribution >= 4 is 17.5 Å². The summed E-state index contributed by atoms with van der Waals surface area (Å²) < 4.78 is 4.72. The van der Waals surface area contributed by atoms with Crippen molar-refractivity contribution in [2.24, 2.45) is 5.92 Å². The molecule has 1 aromatic rings. The lowest BCUT2D eigenvalue weighted by atomic mass is 10.1. The summed E-state index contributed by atoms with van der Waals surface area (Å²) in [5.41, 5.74) is -0.0376. The molecule has 0 aliphatic heterocycles. The molecule has 1 fully saturated rings. The van der Waals surface area contributed by atoms with Crippen LogP contribution in [0.15, 0.2) is 18.3 Å². The van der Waals surface area contributed by atoms with Crippen LogP contribution in [0.25, 0.3) is 0 Å². The standard InChI is InChI=1S/C12H15N3O4/c1-19-12(16)8-2-3-9(6-8)14-11-5-4-10(7-13-11)15(17)18/h4-5,7-9H,2-3,6H2,1H3,(H,13,14)/t8-,9+/m1/s1. The predicted octanol–water partition coefficient (Wildman–Crippen LogP) is 1.74. The summed E-state index contributed by atoms with van der Waals surface area (Å²) in [6.07, 6.45) is 3.57. The van der Waals surface area contributed by atoms with Crippen molar-refractivity contribution in [1.82, 2.24) is 4.98 Å². The number of ether oxygens (including phenoxy) is 1. The van der Waals surface area contributed by atoms with E-state index in [2.05, 4.69) is 10.3 Å². The van der Waals surface area contributed by atoms with Gasteiger partial charge in [0.05, 0.1) is 18.0 Å². The van der Waals surface area contributed by atoms with Crippen LogP contribution in [-0.2, 0) is 9.53 Å². The average molecular weight is 265 g/mol. The molecule has 2 atom stereocenters. The highest BCUT2D eigenvalue weighted by Crippen LogP contribution is 2.28. The van der Waals surface area contributed by atoms with Gasteiger partial charge in [0.1, 0.15) is 12.0 Å². The second kappa shape index (κ2) is 5.64. The zero-order valence-electron chi connectivity index (χ0n) is 10.5. The maximum Gasteiger partial charge on any atom is 0.308 e. The van der Waals surface area contributed by atoms with Gasteiger partial charge in [-0.25, -0.2) is 4.98 Å². The molecule has 19 heavy (non-hydrogen) atoms. The van der Waals surface area contributed by atoms with E-state index in [1.54, 1.807) is 6.07 Å². The van der Waals surface area contributed by atoms with E-state index in [0.717, 1.165) is 12.8 Å². The minimum absolute atomic E-state index is 0.0376. The average Bonchev–Trinajstić information content (AvgIpc) is 2.87. The van der Waals surface area contributed by atoms with Crippen LogP contribution >= 0.6 is 0 Å². The van der Waals surface area contributed by atoms with Crippen LogP contribution in [0.3, 0.4) is 0 Å². The van der Waals surface area contributed by atoms with Crippen LogP contribution in [0.4, 0.5) is 11.5 Å². The highest BCUT2D eigenvalue weighted by molar-refractivity contribution is 5.72. The van der Waals surface area contributed by atoms with Crippen LogP contribution in [0.2, 0.25) is 0 Å². The highest BCUT2D eigenvalue weighted by atomic mass is 16.6. The van der Waals surface area contributed by atoms with Crippen LogP contribution in [-0.4, -0.2) is 29.0 Å². The van der Waals surface area contributed by atoms with Crippen molar-refractivity contribution < 1.29 is 14.5 Å². The minimum atomic E-state index is -0.486. The largest absolute Gasteiger partial charge is 0.469 e. The Kier molecular flexibility index (Phi) is 3.94. The predicted molar refractivity (Wildman–Crippen MR) is 67.7 cm³/mol. The number of rotatable bonds is 4. The van der Waals surface area contributed by atoms with Crippen LogP contribution in [0, 0.1) is 16.0 Å². The molecule has 0 radical (unpaired) electrons. The van der Waals surface area contributed by atoms with Gasteiger partial charge in [-0.2, -0.15) is 0 Å². The second-order valence-corrected chi connectivity index (χ2v) is 4.53. The number of carbonyl (C=O) groups excluding carboxylic acids is 1. The number of hydrogen-bond donors (Lipinski definition) is 1. The molecule has 1 aromatic heterocycles. The lowest BCUT2D eigenvalue weighted by Gasteiger charge is -2.13. The molecule has 1 aliphatic carbocycles. The summed E-state index contributed by atoms with van der Waals surface area (Å²) in [6.45, 7) is 0. The molecule has 0 saturated heterocycles. The number of hydrogen-bond acceptors (Lipinski definition) is 6. The molecule has 2 rings (SSSR count). The maximum atomic E-state index is 11.4. The summed E-state index contributed by atoms with van der Waals surface area (Å²) in [4.78, 5) is 25.4. The van der Waals surface area contributed by atoms with E-state index in [4.69, 9.17) is 4.74 Å². The normalized spacial score (nSPS) is 21.9. The fraction of sp³-hybridized carbons (Fsp3) is 0.500. The van der Waals surface area contributed by atoms with Crippen molar-refractivity contribution in [3.63, 3.8) is 0 Å². The molecular formula is C12H15N3O4. The van der Waals surface area contributed by atoms with Gasteiger partial charge in [0, 0.05) is 12.1 Å². The number of esters is 1. The number of pyridine rings is 1. The summed E-state index contributed by atoms with van der Waals surface area (Å²) >= 11 is 0. The molecule has 0 aromatic carbocycles. The molecule has 102 valence electrons. The fourth-order valence-corrected chi connectivity index (χ4v) is 2.28. The van der Waals surface area contributed by atoms with E-state index in [1.807, 2.05) is 0 Å². The number of anilines is 1. The molecule has 7 heteroatoms. The van der Waals surface area contributed by atoms with E-state index < -0.39 is 4.92 Å². The second-order valence-electron chi connectivity index (χ2n) is 4.53. The first-order valence-corrected chi connectivity index (χ1v) is 6.05. The van der Waals surface area contributed by atoms with E-state index in [1.165, 1.54) is 19.4 Å². The molecule has 0 amide bonds. The Morgan fingerprint density at radius 3 is 2.89 bits per heavy atom. The van der Waals surface area contributed by atoms with E-state index in [9.17, 15) is 14.9 Å². The Morgan fingerprint density at radius 2 is 2.32 bits per heavy atom. The SMILES string of the molecule is COC(=O)[C@@H]1CC[C@H](Nc2ccc([N+](=O)[O-])cn2)C1. The van der Waals surface area contributed by atoms with Gasteiger partial charge in [0.25, 0.3) is 5.69 Å². The molecular weight excluding hydrogens is 250 g/mol. The number of nitrogens with zero attached hydrogens (tertiary/aromatic N) is 2. The number of aromatic nitrogens is 1. The Hall–Kier alpha value is -2.18. The molecule has 1 saturated carbocycles. The molecule has 1 N–H and O–H groups in total. The van der Waals surface area contributed by atoms with Gasteiger partial charge in [-0.1, -0.05) is 0 Å². The van der Waals surface area contributed by atoms with Gasteiger partial charge in [0.15, 0.2) is 0 Å². The van der Waals surface area contributed by atoms with Gasteiger partial charge in [-0.15, -0.1) is 0 Å². The third-order valence-electron chi connectivity index (χ3n) is 3.28. The summed E-state index contributed by atoms with van der Waals surface area (Å²) in [5, 5.41) is 13.7. The minimum Gasteiger partial charge on any atom is -0.469 e. The van der Waals surface area contributed by atoms with Crippen LogP contribution in [0.1, 0.15) is 19.3 Å². The van der Waals surface area contributed by atoms with Crippen LogP contribution < -0.4 is 5.32 Å². The third-order valence-corrected chi connectivity index (χ3v) is 3.28. The van der Waals surface area contributed by atoms with Gasteiger partial charge in [-0.05, 0) is 25.3 Å². The first kappa shape index (κ1) is 13.3. The van der Waals surface area contributed by atoms with E-state index in [0.29, 0.717) is 12.2 Å². The van der Waals surface area contributed by atoms with Crippen molar-refractivity contribution in [2.45, 2.75) is 25.3 Å². The quantitative estimate of drug-likeness (QED) is 0.506. The number of carbonyl (C=O) groups is 1. The van der Waals surface area contributed by atoms with Crippen molar-refractivity contribution in [2.75, 3.05) is 12.4 Å². The first-order chi connectivity index (χ1) is 9.10. The van der Waals surface area contributed by atoms with Gasteiger partial charge in [0.2, 0.25) is 0 Å². The topological polar surface area (TPSA) is 94.4 Å². The van der Waals surface area contributed by atoms with Crippen molar-refractivity contribution in [1.29, 1.82) is 0 Å². The van der Waals surface area contributed by atoms with Crippen molar-refractivity contribution in [3.8, 4) is 0 Å². The molecule has 0 unspecified atom stereocenters. The monoisotopic (exact) mass is 265 g/mol. The Morgan fingerprint density at radius 1 is 1.53 bits per heavy atom. The third kappa shape index (κ3) is 3.18. The lowest BCUT2D eigenvalue weighted by molar-refractivity contribution is -0.385. The number of nitrogens with one attached hydrogen (secondary N) is 1. The maximum absolute atomic E-state index is 11.4. The first-order valence-electron chi connectivity index (χ1n) is 6.05. The van der Waals surface area contributed by atoms with Gasteiger partial charge >= 0.3 is 5.97 Å². The van der Waals surface area contributed by atoms with E-state index >= 15 is 0 Å². The van der Waals surface area contributed by atoms with E-state index in [-0.39, 0.29) is 23.6 Å². The zero-order chi connectivity index (χ0) is 13.8. The smallest absolute Gasteiger partial charge is 0.308 e. The fourth-order valence-electron chi connectivity index (χ4n) is 2.28. The summed E-state index contributed by atoms with van der Waals surface area (Å²) in [5.74, 6) is 0.336. The lowest BCUT2D eigenvalue weighted by Crippen LogP contribution is -2.19. The van der Waals surface area contributed by atoms with Gasteiger partial charge in [-0.3, -0.25) is 14.9 Å². The molecule has 1 aliphatic rings.